The molecule has 0 aliphatic carbocycles. The van der Waals surface area contributed by atoms with Gasteiger partial charge in [0.25, 0.3) is 0 Å². The number of para-hydroxylation sites is 2. The lowest BCUT2D eigenvalue weighted by atomic mass is 10.1. The van der Waals surface area contributed by atoms with Gasteiger partial charge in [0.2, 0.25) is 5.91 Å². The minimum Gasteiger partial charge on any atom is -0.456 e. The second-order valence-corrected chi connectivity index (χ2v) is 7.49. The number of amides is 1. The van der Waals surface area contributed by atoms with Gasteiger partial charge >= 0.3 is 0 Å². The van der Waals surface area contributed by atoms with Crippen LogP contribution in [0.25, 0.3) is 32.8 Å². The monoisotopic (exact) mass is 384 g/mol. The number of furan rings is 1. The summed E-state index contributed by atoms with van der Waals surface area (Å²) in [5.41, 5.74) is 3.27. The van der Waals surface area contributed by atoms with Crippen molar-refractivity contribution in [3.8, 4) is 0 Å². The van der Waals surface area contributed by atoms with Crippen molar-refractivity contribution in [2.24, 2.45) is 0 Å². The number of hydrogen-bond donors (Lipinski definition) is 1. The highest BCUT2D eigenvalue weighted by molar-refractivity contribution is 8.00. The number of anilines is 1. The van der Waals surface area contributed by atoms with E-state index in [1.807, 2.05) is 72.8 Å². The van der Waals surface area contributed by atoms with E-state index in [1.54, 1.807) is 6.20 Å². The first kappa shape index (κ1) is 16.8. The van der Waals surface area contributed by atoms with Crippen LogP contribution in [0.3, 0.4) is 0 Å². The summed E-state index contributed by atoms with van der Waals surface area (Å²) in [7, 11) is 0. The standard InChI is InChI=1S/C23H16N2O2S/c26-22(14-28-21-9-3-5-15-6-4-12-24-23(15)21)25-16-10-11-18-17-7-1-2-8-19(17)27-20(18)13-16/h1-13H,14H2,(H,25,26). The molecule has 5 aromatic rings. The molecule has 0 fully saturated rings. The summed E-state index contributed by atoms with van der Waals surface area (Å²) in [6.07, 6.45) is 1.77. The minimum atomic E-state index is -0.0617. The first-order valence-corrected chi connectivity index (χ1v) is 9.94. The predicted octanol–water partition coefficient (Wildman–Crippen LogP) is 5.87. The molecule has 0 spiro atoms. The summed E-state index contributed by atoms with van der Waals surface area (Å²) >= 11 is 1.49. The number of nitrogens with zero attached hydrogens (tertiary/aromatic N) is 1. The average Bonchev–Trinajstić information content (AvgIpc) is 3.10. The Labute approximate surface area is 165 Å². The fourth-order valence-corrected chi connectivity index (χ4v) is 4.18. The van der Waals surface area contributed by atoms with Gasteiger partial charge in [0.15, 0.2) is 0 Å². The predicted molar refractivity (Wildman–Crippen MR) is 115 cm³/mol. The third-order valence-corrected chi connectivity index (χ3v) is 5.66. The molecule has 0 saturated carbocycles. The van der Waals surface area contributed by atoms with E-state index in [-0.39, 0.29) is 5.91 Å². The van der Waals surface area contributed by atoms with Crippen molar-refractivity contribution in [3.63, 3.8) is 0 Å². The summed E-state index contributed by atoms with van der Waals surface area (Å²) in [5, 5.41) is 6.15. The van der Waals surface area contributed by atoms with Crippen LogP contribution in [0.2, 0.25) is 0 Å². The zero-order chi connectivity index (χ0) is 18.9. The molecule has 2 heterocycles. The van der Waals surface area contributed by atoms with Crippen LogP contribution in [0.5, 0.6) is 0 Å². The number of fused-ring (bicyclic) bond motifs is 4. The highest BCUT2D eigenvalue weighted by Gasteiger charge is 2.10. The molecule has 0 atom stereocenters. The summed E-state index contributed by atoms with van der Waals surface area (Å²) < 4.78 is 5.89. The van der Waals surface area contributed by atoms with Crippen LogP contribution in [-0.4, -0.2) is 16.6 Å². The molecule has 3 aromatic carbocycles. The van der Waals surface area contributed by atoms with Gasteiger partial charge in [-0.15, -0.1) is 11.8 Å². The van der Waals surface area contributed by atoms with E-state index >= 15 is 0 Å². The molecular formula is C23H16N2O2S. The second-order valence-electron chi connectivity index (χ2n) is 6.48. The van der Waals surface area contributed by atoms with Gasteiger partial charge in [0.1, 0.15) is 11.2 Å². The quantitative estimate of drug-likeness (QED) is 0.394. The molecule has 0 aliphatic rings. The van der Waals surface area contributed by atoms with Crippen molar-refractivity contribution in [3.05, 3.63) is 79.0 Å². The highest BCUT2D eigenvalue weighted by Crippen LogP contribution is 2.31. The van der Waals surface area contributed by atoms with Crippen LogP contribution < -0.4 is 5.32 Å². The average molecular weight is 384 g/mol. The largest absolute Gasteiger partial charge is 0.456 e. The van der Waals surface area contributed by atoms with Gasteiger partial charge in [-0.25, -0.2) is 0 Å². The Morgan fingerprint density at radius 1 is 0.929 bits per heavy atom. The number of carbonyl (C=O) groups is 1. The Morgan fingerprint density at radius 3 is 2.75 bits per heavy atom. The number of benzene rings is 3. The van der Waals surface area contributed by atoms with E-state index in [2.05, 4.69) is 10.3 Å². The Bertz CT molecular complexity index is 1320. The lowest BCUT2D eigenvalue weighted by Gasteiger charge is -2.07. The van der Waals surface area contributed by atoms with Crippen LogP contribution in [0.1, 0.15) is 0 Å². The van der Waals surface area contributed by atoms with Crippen molar-refractivity contribution in [2.45, 2.75) is 4.90 Å². The van der Waals surface area contributed by atoms with E-state index < -0.39 is 0 Å². The maximum atomic E-state index is 12.4. The van der Waals surface area contributed by atoms with Gasteiger partial charge in [-0.2, -0.15) is 0 Å². The van der Waals surface area contributed by atoms with E-state index in [0.717, 1.165) is 43.4 Å². The van der Waals surface area contributed by atoms with E-state index in [1.165, 1.54) is 11.8 Å². The van der Waals surface area contributed by atoms with Crippen molar-refractivity contribution in [2.75, 3.05) is 11.1 Å². The topological polar surface area (TPSA) is 55.1 Å². The fourth-order valence-electron chi connectivity index (χ4n) is 3.34. The molecule has 0 radical (unpaired) electrons. The summed E-state index contributed by atoms with van der Waals surface area (Å²) in [6.45, 7) is 0. The molecule has 136 valence electrons. The molecule has 0 aliphatic heterocycles. The van der Waals surface area contributed by atoms with Gasteiger partial charge in [-0.1, -0.05) is 36.4 Å². The third-order valence-electron chi connectivity index (χ3n) is 4.62. The molecule has 1 N–H and O–H groups in total. The summed E-state index contributed by atoms with van der Waals surface area (Å²) in [5.74, 6) is 0.252. The van der Waals surface area contributed by atoms with Crippen LogP contribution in [0, 0.1) is 0 Å². The van der Waals surface area contributed by atoms with Gasteiger partial charge < -0.3 is 9.73 Å². The number of nitrogens with one attached hydrogen (secondary N) is 1. The minimum absolute atomic E-state index is 0.0617. The van der Waals surface area contributed by atoms with Gasteiger partial charge in [0.05, 0.1) is 11.3 Å². The number of rotatable bonds is 4. The normalized spacial score (nSPS) is 11.3. The van der Waals surface area contributed by atoms with Crippen LogP contribution in [0.4, 0.5) is 5.69 Å². The summed E-state index contributed by atoms with van der Waals surface area (Å²) in [6, 6.07) is 23.6. The summed E-state index contributed by atoms with van der Waals surface area (Å²) in [4.78, 5) is 17.9. The number of pyridine rings is 1. The zero-order valence-corrected chi connectivity index (χ0v) is 15.7. The maximum Gasteiger partial charge on any atom is 0.234 e. The lowest BCUT2D eigenvalue weighted by molar-refractivity contribution is -0.113. The number of thioether (sulfide) groups is 1. The molecule has 0 unspecified atom stereocenters. The molecule has 5 rings (SSSR count). The first-order valence-electron chi connectivity index (χ1n) is 8.96. The SMILES string of the molecule is O=C(CSc1cccc2cccnc12)Nc1ccc2c(c1)oc1ccccc12. The molecule has 1 amide bonds. The van der Waals surface area contributed by atoms with Crippen molar-refractivity contribution in [1.29, 1.82) is 0 Å². The lowest BCUT2D eigenvalue weighted by Crippen LogP contribution is -2.13. The zero-order valence-electron chi connectivity index (χ0n) is 14.9. The van der Waals surface area contributed by atoms with Crippen molar-refractivity contribution in [1.82, 2.24) is 4.98 Å². The van der Waals surface area contributed by atoms with Crippen LogP contribution >= 0.6 is 11.8 Å². The maximum absolute atomic E-state index is 12.4. The van der Waals surface area contributed by atoms with Gasteiger partial charge in [-0.05, 0) is 30.3 Å². The van der Waals surface area contributed by atoms with Gasteiger partial charge in [0, 0.05) is 39.0 Å². The van der Waals surface area contributed by atoms with Gasteiger partial charge in [-0.3, -0.25) is 9.78 Å². The highest BCUT2D eigenvalue weighted by atomic mass is 32.2. The Balaban J connectivity index is 1.33. The molecule has 5 heteroatoms. The Hall–Kier alpha value is -3.31. The van der Waals surface area contributed by atoms with Crippen LogP contribution in [-0.2, 0) is 4.79 Å². The van der Waals surface area contributed by atoms with E-state index in [9.17, 15) is 4.79 Å². The van der Waals surface area contributed by atoms with Crippen molar-refractivity contribution >= 4 is 56.2 Å². The Morgan fingerprint density at radius 2 is 1.79 bits per heavy atom. The fraction of sp³-hybridized carbons (Fsp3) is 0.0435. The number of carbonyl (C=O) groups excluding carboxylic acids is 1. The molecule has 0 bridgehead atoms. The molecule has 0 saturated heterocycles. The number of aromatic nitrogens is 1. The van der Waals surface area contributed by atoms with E-state index in [0.29, 0.717) is 5.75 Å². The molecule has 2 aromatic heterocycles. The third kappa shape index (κ3) is 3.10. The second kappa shape index (κ2) is 7.02. The first-order chi connectivity index (χ1) is 13.8. The molecule has 4 nitrogen and oxygen atoms in total. The number of hydrogen-bond acceptors (Lipinski definition) is 4. The molecule has 28 heavy (non-hydrogen) atoms. The molecular weight excluding hydrogens is 368 g/mol. The van der Waals surface area contributed by atoms with Crippen LogP contribution in [0.15, 0.2) is 88.3 Å². The van der Waals surface area contributed by atoms with E-state index in [4.69, 9.17) is 4.42 Å². The Kier molecular flexibility index (Phi) is 4.22. The smallest absolute Gasteiger partial charge is 0.234 e. The van der Waals surface area contributed by atoms with Crippen molar-refractivity contribution < 1.29 is 9.21 Å².